The van der Waals surface area contributed by atoms with Crippen LogP contribution >= 0.6 is 0 Å². The van der Waals surface area contributed by atoms with Crippen molar-refractivity contribution in [1.29, 1.82) is 0 Å². The number of alkyl halides is 4. The molecule has 1 amide bonds. The average molecular weight is 593 g/mol. The number of nitrogens with one attached hydrogen (secondary N) is 2. The van der Waals surface area contributed by atoms with Crippen LogP contribution in [0.4, 0.5) is 39.9 Å². The number of carbonyl (C=O) groups is 1. The number of methoxy groups -OCH3 is 1. The SMILES string of the molecule is COc1ncc(-c2ccc(NC(=O)OC3CCC(Nc4ncc(C(F)(F)F)c(N5CC(F)(CO)C5)n4)CC3)nc2)cn1. The third kappa shape index (κ3) is 6.75. The van der Waals surface area contributed by atoms with E-state index in [-0.39, 0.29) is 24.1 Å². The van der Waals surface area contributed by atoms with Gasteiger partial charge in [0.1, 0.15) is 23.3 Å². The minimum atomic E-state index is -4.72. The van der Waals surface area contributed by atoms with E-state index in [0.29, 0.717) is 37.7 Å². The molecule has 0 bridgehead atoms. The number of hydrogen-bond donors (Lipinski definition) is 3. The molecular formula is C26H28F4N8O4. The van der Waals surface area contributed by atoms with Crippen molar-refractivity contribution < 1.29 is 36.9 Å². The molecular weight excluding hydrogens is 564 g/mol. The summed E-state index contributed by atoms with van der Waals surface area (Å²) in [7, 11) is 1.47. The van der Waals surface area contributed by atoms with E-state index < -0.39 is 49.0 Å². The van der Waals surface area contributed by atoms with Crippen molar-refractivity contribution in [2.24, 2.45) is 0 Å². The van der Waals surface area contributed by atoms with Gasteiger partial charge in [0.25, 0.3) is 0 Å². The van der Waals surface area contributed by atoms with Crippen molar-refractivity contribution in [2.75, 3.05) is 42.3 Å². The molecule has 3 aromatic heterocycles. The molecule has 1 aliphatic heterocycles. The Kier molecular flexibility index (Phi) is 8.24. The quantitative estimate of drug-likeness (QED) is 0.328. The second kappa shape index (κ2) is 11.9. The number of carbonyl (C=O) groups excluding carboxylic acids is 1. The van der Waals surface area contributed by atoms with Crippen LogP contribution in [0.2, 0.25) is 0 Å². The van der Waals surface area contributed by atoms with E-state index in [9.17, 15) is 22.4 Å². The zero-order valence-corrected chi connectivity index (χ0v) is 22.4. The summed E-state index contributed by atoms with van der Waals surface area (Å²) in [5.74, 6) is -0.152. The molecule has 0 radical (unpaired) electrons. The number of halogens is 4. The molecule has 0 aromatic carbocycles. The summed E-state index contributed by atoms with van der Waals surface area (Å²) in [5.41, 5.74) is -1.56. The lowest BCUT2D eigenvalue weighted by atomic mass is 9.93. The molecule has 16 heteroatoms. The van der Waals surface area contributed by atoms with Crippen molar-refractivity contribution in [3.63, 3.8) is 0 Å². The number of pyridine rings is 1. The molecule has 1 saturated carbocycles. The van der Waals surface area contributed by atoms with Crippen LogP contribution in [0.1, 0.15) is 31.2 Å². The van der Waals surface area contributed by atoms with E-state index in [1.807, 2.05) is 0 Å². The Bertz CT molecular complexity index is 1380. The first-order chi connectivity index (χ1) is 20.0. The first-order valence-electron chi connectivity index (χ1n) is 13.1. The van der Waals surface area contributed by atoms with E-state index in [4.69, 9.17) is 14.6 Å². The molecule has 2 aliphatic rings. The lowest BCUT2D eigenvalue weighted by Gasteiger charge is -2.44. The number of hydrogen-bond acceptors (Lipinski definition) is 11. The second-order valence-electron chi connectivity index (χ2n) is 10.1. The molecule has 1 aliphatic carbocycles. The largest absolute Gasteiger partial charge is 0.467 e. The maximum absolute atomic E-state index is 14.1. The van der Waals surface area contributed by atoms with Crippen LogP contribution < -0.4 is 20.3 Å². The minimum absolute atomic E-state index is 0.0174. The van der Waals surface area contributed by atoms with E-state index in [1.54, 1.807) is 30.7 Å². The molecule has 4 heterocycles. The third-order valence-corrected chi connectivity index (χ3v) is 7.02. The van der Waals surface area contributed by atoms with Crippen molar-refractivity contribution in [2.45, 2.75) is 49.7 Å². The Morgan fingerprint density at radius 3 is 2.33 bits per heavy atom. The Labute approximate surface area is 237 Å². The Hall–Kier alpha value is -4.34. The number of anilines is 3. The summed E-state index contributed by atoms with van der Waals surface area (Å²) in [4.78, 5) is 33.7. The van der Waals surface area contributed by atoms with Gasteiger partial charge in [0.15, 0.2) is 5.67 Å². The molecule has 0 atom stereocenters. The zero-order valence-electron chi connectivity index (χ0n) is 22.4. The van der Waals surface area contributed by atoms with Gasteiger partial charge in [-0.1, -0.05) is 0 Å². The number of ether oxygens (including phenoxy) is 2. The Morgan fingerprint density at radius 2 is 1.74 bits per heavy atom. The van der Waals surface area contributed by atoms with Gasteiger partial charge < -0.3 is 24.8 Å². The summed E-state index contributed by atoms with van der Waals surface area (Å²) in [6, 6.07) is 3.46. The number of amides is 1. The highest BCUT2D eigenvalue weighted by molar-refractivity contribution is 5.83. The highest BCUT2D eigenvalue weighted by Crippen LogP contribution is 2.39. The molecule has 3 aromatic rings. The standard InChI is InChI=1S/C26H28F4N8O4/c1-41-23-33-9-16(10-34-23)15-2-7-20(31-8-15)36-24(40)42-18-5-3-17(4-6-18)35-22-32-11-19(26(28,29)30)21(37-22)38-12-25(27,13-38)14-39/h2,7-11,17-18,39H,3-6,12-14H2,1H3,(H,31,36,40)(H,32,35,37). The van der Waals surface area contributed by atoms with Gasteiger partial charge in [0, 0.05) is 42.0 Å². The minimum Gasteiger partial charge on any atom is -0.467 e. The van der Waals surface area contributed by atoms with E-state index in [1.165, 1.54) is 7.11 Å². The van der Waals surface area contributed by atoms with Gasteiger partial charge in [0.2, 0.25) is 5.95 Å². The fourth-order valence-electron chi connectivity index (χ4n) is 4.77. The Balaban J connectivity index is 1.11. The summed E-state index contributed by atoms with van der Waals surface area (Å²) in [5, 5.41) is 14.7. The number of rotatable bonds is 8. The second-order valence-corrected chi connectivity index (χ2v) is 10.1. The predicted octanol–water partition coefficient (Wildman–Crippen LogP) is 3.85. The molecule has 3 N–H and O–H groups in total. The molecule has 5 rings (SSSR count). The van der Waals surface area contributed by atoms with Crippen LogP contribution in [-0.4, -0.2) is 80.7 Å². The average Bonchev–Trinajstić information content (AvgIpc) is 2.96. The van der Waals surface area contributed by atoms with Crippen LogP contribution in [0.25, 0.3) is 11.1 Å². The predicted molar refractivity (Wildman–Crippen MR) is 142 cm³/mol. The van der Waals surface area contributed by atoms with Crippen LogP contribution in [0.5, 0.6) is 6.01 Å². The third-order valence-electron chi connectivity index (χ3n) is 7.02. The fourth-order valence-corrected chi connectivity index (χ4v) is 4.77. The lowest BCUT2D eigenvalue weighted by Crippen LogP contribution is -2.61. The van der Waals surface area contributed by atoms with Gasteiger partial charge in [-0.05, 0) is 37.8 Å². The molecule has 12 nitrogen and oxygen atoms in total. The van der Waals surface area contributed by atoms with Crippen LogP contribution in [0, 0.1) is 0 Å². The van der Waals surface area contributed by atoms with E-state index in [0.717, 1.165) is 16.0 Å². The first-order valence-corrected chi connectivity index (χ1v) is 13.1. The monoisotopic (exact) mass is 592 g/mol. The van der Waals surface area contributed by atoms with Gasteiger partial charge in [0.05, 0.1) is 26.8 Å². The topological polar surface area (TPSA) is 148 Å². The number of aliphatic hydroxyl groups is 1. The van der Waals surface area contributed by atoms with Gasteiger partial charge in [-0.25, -0.2) is 29.1 Å². The highest BCUT2D eigenvalue weighted by Gasteiger charge is 2.47. The summed E-state index contributed by atoms with van der Waals surface area (Å²) in [6.45, 7) is -1.58. The van der Waals surface area contributed by atoms with Crippen LogP contribution in [-0.2, 0) is 10.9 Å². The van der Waals surface area contributed by atoms with Crippen molar-refractivity contribution in [3.05, 3.63) is 42.5 Å². The summed E-state index contributed by atoms with van der Waals surface area (Å²) < 4.78 is 65.1. The molecule has 224 valence electrons. The lowest BCUT2D eigenvalue weighted by molar-refractivity contribution is -0.137. The number of aromatic nitrogens is 5. The van der Waals surface area contributed by atoms with Crippen LogP contribution in [0.15, 0.2) is 36.9 Å². The molecule has 2 fully saturated rings. The maximum Gasteiger partial charge on any atom is 0.421 e. The van der Waals surface area contributed by atoms with E-state index in [2.05, 4.69) is 35.6 Å². The molecule has 0 spiro atoms. The van der Waals surface area contributed by atoms with Crippen LogP contribution in [0.3, 0.4) is 0 Å². The van der Waals surface area contributed by atoms with Crippen molar-refractivity contribution >= 4 is 23.7 Å². The fraction of sp³-hybridized carbons (Fsp3) is 0.462. The van der Waals surface area contributed by atoms with E-state index >= 15 is 0 Å². The summed E-state index contributed by atoms with van der Waals surface area (Å²) in [6.07, 6.45) is 1.81. The number of aliphatic hydroxyl groups excluding tert-OH is 1. The normalized spacial score (nSPS) is 19.9. The highest BCUT2D eigenvalue weighted by atomic mass is 19.4. The maximum atomic E-state index is 14.1. The van der Waals surface area contributed by atoms with Gasteiger partial charge >= 0.3 is 18.3 Å². The molecule has 0 unspecified atom stereocenters. The van der Waals surface area contributed by atoms with Crippen molar-refractivity contribution in [3.8, 4) is 17.1 Å². The number of nitrogens with zero attached hydrogens (tertiary/aromatic N) is 6. The smallest absolute Gasteiger partial charge is 0.421 e. The van der Waals surface area contributed by atoms with Crippen molar-refractivity contribution in [1.82, 2.24) is 24.9 Å². The zero-order chi connectivity index (χ0) is 29.9. The van der Waals surface area contributed by atoms with Gasteiger partial charge in [-0.2, -0.15) is 18.2 Å². The summed E-state index contributed by atoms with van der Waals surface area (Å²) >= 11 is 0. The molecule has 1 saturated heterocycles. The first kappa shape index (κ1) is 29.2. The molecule has 42 heavy (non-hydrogen) atoms. The van der Waals surface area contributed by atoms with Gasteiger partial charge in [-0.15, -0.1) is 0 Å². The van der Waals surface area contributed by atoms with Gasteiger partial charge in [-0.3, -0.25) is 5.32 Å². The Morgan fingerprint density at radius 1 is 1.05 bits per heavy atom.